The van der Waals surface area contributed by atoms with Crippen molar-refractivity contribution < 1.29 is 22.8 Å². The third-order valence-corrected chi connectivity index (χ3v) is 4.33. The predicted molar refractivity (Wildman–Crippen MR) is 86.0 cm³/mol. The van der Waals surface area contributed by atoms with Gasteiger partial charge in [-0.2, -0.15) is 13.2 Å². The van der Waals surface area contributed by atoms with Crippen molar-refractivity contribution in [1.29, 1.82) is 0 Å². The normalized spacial score (nSPS) is 13.8. The van der Waals surface area contributed by atoms with Gasteiger partial charge in [0, 0.05) is 9.64 Å². The fourth-order valence-electron chi connectivity index (χ4n) is 2.39. The van der Waals surface area contributed by atoms with Gasteiger partial charge >= 0.3 is 6.18 Å². The Kier molecular flexibility index (Phi) is 3.66. The fourth-order valence-corrected chi connectivity index (χ4v) is 3.15. The largest absolute Gasteiger partial charge is 0.416 e. The van der Waals surface area contributed by atoms with Gasteiger partial charge in [-0.15, -0.1) is 0 Å². The van der Waals surface area contributed by atoms with Crippen LogP contribution >= 0.6 is 22.6 Å². The van der Waals surface area contributed by atoms with Crippen LogP contribution in [0, 0.1) is 3.57 Å². The van der Waals surface area contributed by atoms with Crippen LogP contribution in [0.1, 0.15) is 26.3 Å². The van der Waals surface area contributed by atoms with Crippen molar-refractivity contribution in [2.24, 2.45) is 0 Å². The second kappa shape index (κ2) is 5.33. The van der Waals surface area contributed by atoms with Crippen molar-refractivity contribution in [1.82, 2.24) is 9.88 Å². The van der Waals surface area contributed by atoms with E-state index in [-0.39, 0.29) is 26.2 Å². The lowest BCUT2D eigenvalue weighted by molar-refractivity contribution is -0.137. The zero-order valence-electron chi connectivity index (χ0n) is 11.6. The number of aromatic nitrogens is 1. The zero-order valence-corrected chi connectivity index (χ0v) is 13.7. The number of amides is 2. The number of rotatable bonds is 1. The summed E-state index contributed by atoms with van der Waals surface area (Å²) in [6.45, 7) is 0. The molecule has 1 aromatic carbocycles. The van der Waals surface area contributed by atoms with E-state index in [0.717, 1.165) is 28.8 Å². The molecule has 0 radical (unpaired) electrons. The van der Waals surface area contributed by atoms with Gasteiger partial charge in [-0.1, -0.05) is 0 Å². The number of imide groups is 1. The van der Waals surface area contributed by atoms with Gasteiger partial charge in [0.1, 0.15) is 5.82 Å². The second-order valence-electron chi connectivity index (χ2n) is 4.94. The van der Waals surface area contributed by atoms with Crippen molar-refractivity contribution >= 4 is 40.2 Å². The predicted octanol–water partition coefficient (Wildman–Crippen LogP) is 1.93. The highest BCUT2D eigenvalue weighted by Crippen LogP contribution is 2.32. The third-order valence-electron chi connectivity index (χ3n) is 3.47. The summed E-state index contributed by atoms with van der Waals surface area (Å²) in [4.78, 5) is 35.6. The number of fused-ring (bicyclic) bond motifs is 1. The van der Waals surface area contributed by atoms with E-state index in [1.165, 1.54) is 0 Å². The first-order valence-electron chi connectivity index (χ1n) is 6.39. The number of benzene rings is 1. The van der Waals surface area contributed by atoms with E-state index in [9.17, 15) is 27.6 Å². The van der Waals surface area contributed by atoms with Crippen LogP contribution in [0.5, 0.6) is 0 Å². The molecule has 24 heavy (non-hydrogen) atoms. The van der Waals surface area contributed by atoms with Crippen LogP contribution in [0.15, 0.2) is 29.1 Å². The zero-order chi connectivity index (χ0) is 17.8. The lowest BCUT2D eigenvalue weighted by Gasteiger charge is -2.15. The average molecular weight is 449 g/mol. The molecule has 124 valence electrons. The Morgan fingerprint density at radius 3 is 2.33 bits per heavy atom. The topological polar surface area (TPSA) is 94.2 Å². The molecule has 0 aliphatic carbocycles. The molecule has 0 saturated heterocycles. The van der Waals surface area contributed by atoms with Gasteiger partial charge in [0.2, 0.25) is 0 Å². The number of nitrogens with two attached hydrogens (primary N) is 1. The van der Waals surface area contributed by atoms with E-state index in [4.69, 9.17) is 5.73 Å². The summed E-state index contributed by atoms with van der Waals surface area (Å²) < 4.78 is 39.3. The van der Waals surface area contributed by atoms with E-state index < -0.39 is 29.1 Å². The van der Waals surface area contributed by atoms with Gasteiger partial charge in [0.15, 0.2) is 0 Å². The molecule has 1 aliphatic heterocycles. The van der Waals surface area contributed by atoms with Gasteiger partial charge in [0.05, 0.1) is 22.4 Å². The molecule has 2 amide bonds. The SMILES string of the molecule is Nc1c2c(cc(=O)n1-c1ccc(C(F)(F)F)cc1I)C(=O)NC2=O. The molecule has 0 fully saturated rings. The molecule has 10 heteroatoms. The van der Waals surface area contributed by atoms with Gasteiger partial charge in [0.25, 0.3) is 17.4 Å². The number of nitrogens with one attached hydrogen (secondary N) is 1. The molecule has 6 nitrogen and oxygen atoms in total. The number of nitrogens with zero attached hydrogens (tertiary/aromatic N) is 1. The molecule has 0 saturated carbocycles. The van der Waals surface area contributed by atoms with Crippen molar-refractivity contribution in [2.45, 2.75) is 6.18 Å². The third kappa shape index (κ3) is 2.46. The molecular weight excluding hydrogens is 442 g/mol. The summed E-state index contributed by atoms with van der Waals surface area (Å²) >= 11 is 1.64. The lowest BCUT2D eigenvalue weighted by atomic mass is 10.1. The van der Waals surface area contributed by atoms with Crippen LogP contribution in [0.2, 0.25) is 0 Å². The molecule has 0 unspecified atom stereocenters. The van der Waals surface area contributed by atoms with Crippen molar-refractivity contribution in [3.8, 4) is 5.69 Å². The Labute approximate surface area is 145 Å². The van der Waals surface area contributed by atoms with Gasteiger partial charge in [-0.05, 0) is 40.8 Å². The van der Waals surface area contributed by atoms with Gasteiger partial charge in [-0.25, -0.2) is 0 Å². The maximum atomic E-state index is 12.7. The molecule has 3 N–H and O–H groups in total. The number of hydrogen-bond acceptors (Lipinski definition) is 4. The number of alkyl halides is 3. The standard InChI is InChI=1S/C14H7F3IN3O3/c15-14(16,17)5-1-2-8(7(18)3-5)21-9(22)4-6-10(11(21)19)13(24)20-12(6)23/h1-4H,19H2,(H,20,23,24). The van der Waals surface area contributed by atoms with E-state index in [0.29, 0.717) is 0 Å². The molecule has 1 aromatic heterocycles. The maximum absolute atomic E-state index is 12.7. The number of pyridine rings is 1. The van der Waals surface area contributed by atoms with Crippen molar-refractivity contribution in [3.05, 3.63) is 54.9 Å². The minimum atomic E-state index is -4.53. The highest BCUT2D eigenvalue weighted by atomic mass is 127. The fraction of sp³-hybridized carbons (Fsp3) is 0.0714. The summed E-state index contributed by atoms with van der Waals surface area (Å²) in [5.74, 6) is -1.81. The number of anilines is 1. The minimum Gasteiger partial charge on any atom is -0.384 e. The maximum Gasteiger partial charge on any atom is 0.416 e. The van der Waals surface area contributed by atoms with Crippen molar-refractivity contribution in [3.63, 3.8) is 0 Å². The van der Waals surface area contributed by atoms with Crippen LogP contribution in [0.3, 0.4) is 0 Å². The Balaban J connectivity index is 2.26. The molecule has 0 bridgehead atoms. The smallest absolute Gasteiger partial charge is 0.384 e. The molecule has 1 aliphatic rings. The van der Waals surface area contributed by atoms with Crippen LogP contribution in [0.25, 0.3) is 5.69 Å². The Morgan fingerprint density at radius 1 is 1.08 bits per heavy atom. The Hall–Kier alpha value is -2.37. The summed E-state index contributed by atoms with van der Waals surface area (Å²) in [6.07, 6.45) is -4.53. The molecule has 2 aromatic rings. The van der Waals surface area contributed by atoms with Crippen LogP contribution in [-0.2, 0) is 6.18 Å². The number of nitrogen functional groups attached to an aromatic ring is 1. The van der Waals surface area contributed by atoms with E-state index in [1.807, 2.05) is 5.32 Å². The summed E-state index contributed by atoms with van der Waals surface area (Å²) in [5, 5.41) is 2.01. The van der Waals surface area contributed by atoms with Crippen molar-refractivity contribution in [2.75, 3.05) is 5.73 Å². The molecule has 3 rings (SSSR count). The number of halogens is 4. The summed E-state index contributed by atoms with van der Waals surface area (Å²) in [5.41, 5.74) is 3.99. The highest BCUT2D eigenvalue weighted by Gasteiger charge is 2.33. The van der Waals surface area contributed by atoms with Crippen LogP contribution < -0.4 is 16.6 Å². The Morgan fingerprint density at radius 2 is 1.75 bits per heavy atom. The van der Waals surface area contributed by atoms with Crippen LogP contribution in [-0.4, -0.2) is 16.4 Å². The monoisotopic (exact) mass is 449 g/mol. The van der Waals surface area contributed by atoms with E-state index in [1.54, 1.807) is 22.6 Å². The number of carbonyl (C=O) groups excluding carboxylic acids is 2. The molecular formula is C14H7F3IN3O3. The number of hydrogen-bond donors (Lipinski definition) is 2. The highest BCUT2D eigenvalue weighted by molar-refractivity contribution is 14.1. The first kappa shape index (κ1) is 16.5. The minimum absolute atomic E-state index is 0.0843. The van der Waals surface area contributed by atoms with Crippen LogP contribution in [0.4, 0.5) is 19.0 Å². The Bertz CT molecular complexity index is 966. The first-order chi connectivity index (χ1) is 11.1. The van der Waals surface area contributed by atoms with E-state index in [2.05, 4.69) is 0 Å². The number of carbonyl (C=O) groups is 2. The molecule has 2 heterocycles. The summed E-state index contributed by atoms with van der Waals surface area (Å²) in [6, 6.07) is 3.69. The quantitative estimate of drug-likeness (QED) is 0.514. The molecule has 0 spiro atoms. The summed E-state index contributed by atoms with van der Waals surface area (Å²) in [7, 11) is 0. The van der Waals surface area contributed by atoms with Gasteiger partial charge in [-0.3, -0.25) is 24.3 Å². The second-order valence-corrected chi connectivity index (χ2v) is 6.10. The first-order valence-corrected chi connectivity index (χ1v) is 7.47. The lowest BCUT2D eigenvalue weighted by Crippen LogP contribution is -2.25. The average Bonchev–Trinajstić information content (AvgIpc) is 2.74. The molecule has 0 atom stereocenters. The van der Waals surface area contributed by atoms with Gasteiger partial charge < -0.3 is 5.73 Å². The van der Waals surface area contributed by atoms with E-state index >= 15 is 0 Å².